The van der Waals surface area contributed by atoms with Crippen LogP contribution in [0, 0.1) is 6.92 Å². The quantitative estimate of drug-likeness (QED) is 0.545. The number of nitrogens with one attached hydrogen (secondary N) is 1. The predicted molar refractivity (Wildman–Crippen MR) is 124 cm³/mol. The average Bonchev–Trinajstić information content (AvgIpc) is 2.69. The van der Waals surface area contributed by atoms with Gasteiger partial charge in [0.1, 0.15) is 6.04 Å². The third-order valence-electron chi connectivity index (χ3n) is 4.90. The lowest BCUT2D eigenvalue weighted by atomic mass is 10.0. The smallest absolute Gasteiger partial charge is 0.243 e. The molecule has 2 aromatic rings. The molecule has 0 heterocycles. The highest BCUT2D eigenvalue weighted by Crippen LogP contribution is 2.24. The zero-order chi connectivity index (χ0) is 22.3. The standard InChI is InChI=1S/C24H30Cl2N2O2/c1-5-22(24(30)27-16(2)3)28(15-19-10-12-20(25)21(26)14-19)23(29)13-11-18-8-6-17(4)7-9-18/h6-10,12,14,16,22H,5,11,13,15H2,1-4H3,(H,27,30)/t22-/m1/s1. The van der Waals surface area contributed by atoms with Gasteiger partial charge in [0.15, 0.2) is 0 Å². The number of carbonyl (C=O) groups excluding carboxylic acids is 2. The number of halogens is 2. The summed E-state index contributed by atoms with van der Waals surface area (Å²) in [5.41, 5.74) is 3.12. The van der Waals surface area contributed by atoms with Crippen molar-refractivity contribution in [1.82, 2.24) is 10.2 Å². The van der Waals surface area contributed by atoms with E-state index in [0.717, 1.165) is 11.1 Å². The number of amides is 2. The zero-order valence-electron chi connectivity index (χ0n) is 18.0. The van der Waals surface area contributed by atoms with Crippen molar-refractivity contribution in [2.45, 2.75) is 65.6 Å². The fraction of sp³-hybridized carbons (Fsp3) is 0.417. The molecule has 0 spiro atoms. The van der Waals surface area contributed by atoms with Gasteiger partial charge in [0.25, 0.3) is 0 Å². The van der Waals surface area contributed by atoms with Gasteiger partial charge in [-0.2, -0.15) is 0 Å². The van der Waals surface area contributed by atoms with Crippen molar-refractivity contribution < 1.29 is 9.59 Å². The Morgan fingerprint density at radius 2 is 1.63 bits per heavy atom. The van der Waals surface area contributed by atoms with Gasteiger partial charge in [-0.1, -0.05) is 66.0 Å². The minimum Gasteiger partial charge on any atom is -0.352 e. The predicted octanol–water partition coefficient (Wildman–Crippen LogP) is 5.57. The Kier molecular flexibility index (Phi) is 9.19. The van der Waals surface area contributed by atoms with Gasteiger partial charge in [-0.25, -0.2) is 0 Å². The molecule has 1 N–H and O–H groups in total. The fourth-order valence-electron chi connectivity index (χ4n) is 3.28. The van der Waals surface area contributed by atoms with Crippen LogP contribution in [0.4, 0.5) is 0 Å². The van der Waals surface area contributed by atoms with E-state index in [2.05, 4.69) is 5.32 Å². The van der Waals surface area contributed by atoms with E-state index in [0.29, 0.717) is 35.9 Å². The second-order valence-corrected chi connectivity index (χ2v) is 8.66. The Morgan fingerprint density at radius 3 is 2.20 bits per heavy atom. The number of nitrogens with zero attached hydrogens (tertiary/aromatic N) is 1. The molecule has 0 aromatic heterocycles. The number of carbonyl (C=O) groups is 2. The Bertz CT molecular complexity index is 866. The average molecular weight is 449 g/mol. The van der Waals surface area contributed by atoms with Crippen molar-refractivity contribution in [2.24, 2.45) is 0 Å². The molecule has 30 heavy (non-hydrogen) atoms. The molecule has 2 rings (SSSR count). The molecule has 2 aromatic carbocycles. The lowest BCUT2D eigenvalue weighted by molar-refractivity contribution is -0.141. The SMILES string of the molecule is CC[C@H](C(=O)NC(C)C)N(Cc1ccc(Cl)c(Cl)c1)C(=O)CCc1ccc(C)cc1. The largest absolute Gasteiger partial charge is 0.352 e. The summed E-state index contributed by atoms with van der Waals surface area (Å²) in [6, 6.07) is 12.9. The van der Waals surface area contributed by atoms with E-state index in [4.69, 9.17) is 23.2 Å². The van der Waals surface area contributed by atoms with Crippen molar-refractivity contribution >= 4 is 35.0 Å². The van der Waals surface area contributed by atoms with Gasteiger partial charge in [-0.15, -0.1) is 0 Å². The van der Waals surface area contributed by atoms with Gasteiger partial charge in [0.2, 0.25) is 11.8 Å². The van der Waals surface area contributed by atoms with E-state index in [9.17, 15) is 9.59 Å². The number of benzene rings is 2. The van der Waals surface area contributed by atoms with Crippen LogP contribution >= 0.6 is 23.2 Å². The fourth-order valence-corrected chi connectivity index (χ4v) is 3.61. The summed E-state index contributed by atoms with van der Waals surface area (Å²) < 4.78 is 0. The molecule has 162 valence electrons. The third kappa shape index (κ3) is 7.03. The summed E-state index contributed by atoms with van der Waals surface area (Å²) in [6.07, 6.45) is 1.48. The molecule has 0 saturated carbocycles. The highest BCUT2D eigenvalue weighted by Gasteiger charge is 2.28. The Morgan fingerprint density at radius 1 is 1.00 bits per heavy atom. The summed E-state index contributed by atoms with van der Waals surface area (Å²) in [5, 5.41) is 3.83. The van der Waals surface area contributed by atoms with Crippen LogP contribution in [0.3, 0.4) is 0 Å². The number of hydrogen-bond donors (Lipinski definition) is 1. The van der Waals surface area contributed by atoms with Crippen molar-refractivity contribution in [3.8, 4) is 0 Å². The van der Waals surface area contributed by atoms with Gasteiger partial charge in [-0.05, 0) is 56.9 Å². The number of aryl methyl sites for hydroxylation is 2. The van der Waals surface area contributed by atoms with Crippen LogP contribution in [0.1, 0.15) is 50.3 Å². The number of rotatable bonds is 9. The molecule has 0 aliphatic rings. The number of hydrogen-bond acceptors (Lipinski definition) is 2. The summed E-state index contributed by atoms with van der Waals surface area (Å²) in [5.74, 6) is -0.205. The second-order valence-electron chi connectivity index (χ2n) is 7.84. The van der Waals surface area contributed by atoms with Gasteiger partial charge >= 0.3 is 0 Å². The van der Waals surface area contributed by atoms with Gasteiger partial charge < -0.3 is 10.2 Å². The first-order chi connectivity index (χ1) is 14.2. The van der Waals surface area contributed by atoms with E-state index in [1.54, 1.807) is 17.0 Å². The lowest BCUT2D eigenvalue weighted by Crippen LogP contribution is -2.50. The minimum absolute atomic E-state index is 0.000960. The van der Waals surface area contributed by atoms with Gasteiger partial charge in [-0.3, -0.25) is 9.59 Å². The first-order valence-electron chi connectivity index (χ1n) is 10.3. The molecule has 0 aliphatic carbocycles. The zero-order valence-corrected chi connectivity index (χ0v) is 19.6. The molecule has 0 radical (unpaired) electrons. The maximum atomic E-state index is 13.2. The molecule has 0 bridgehead atoms. The molecule has 1 atom stereocenters. The first-order valence-corrected chi connectivity index (χ1v) is 11.1. The van der Waals surface area contributed by atoms with Gasteiger partial charge in [0.05, 0.1) is 10.0 Å². The Labute approximate surface area is 189 Å². The van der Waals surface area contributed by atoms with Crippen LogP contribution in [0.5, 0.6) is 0 Å². The van der Waals surface area contributed by atoms with E-state index in [-0.39, 0.29) is 17.9 Å². The lowest BCUT2D eigenvalue weighted by Gasteiger charge is -2.31. The molecule has 0 saturated heterocycles. The maximum absolute atomic E-state index is 13.2. The summed E-state index contributed by atoms with van der Waals surface area (Å²) in [4.78, 5) is 27.7. The Balaban J connectivity index is 2.23. The molecular weight excluding hydrogens is 419 g/mol. The highest BCUT2D eigenvalue weighted by atomic mass is 35.5. The van der Waals surface area contributed by atoms with Crippen LogP contribution in [-0.4, -0.2) is 28.8 Å². The summed E-state index contributed by atoms with van der Waals surface area (Å²) in [6.45, 7) is 8.07. The minimum atomic E-state index is -0.549. The first kappa shape index (κ1) is 24.2. The van der Waals surface area contributed by atoms with Crippen LogP contribution in [0.2, 0.25) is 10.0 Å². The van der Waals surface area contributed by atoms with Crippen LogP contribution in [0.25, 0.3) is 0 Å². The summed E-state index contributed by atoms with van der Waals surface area (Å²) in [7, 11) is 0. The van der Waals surface area contributed by atoms with Crippen molar-refractivity contribution in [3.05, 3.63) is 69.2 Å². The molecule has 0 aliphatic heterocycles. The molecule has 0 fully saturated rings. The third-order valence-corrected chi connectivity index (χ3v) is 5.64. The molecule has 0 unspecified atom stereocenters. The molecule has 4 nitrogen and oxygen atoms in total. The van der Waals surface area contributed by atoms with Crippen LogP contribution in [-0.2, 0) is 22.6 Å². The van der Waals surface area contributed by atoms with E-state index < -0.39 is 6.04 Å². The maximum Gasteiger partial charge on any atom is 0.243 e. The molecule has 6 heteroatoms. The second kappa shape index (κ2) is 11.4. The van der Waals surface area contributed by atoms with Gasteiger partial charge in [0, 0.05) is 19.0 Å². The van der Waals surface area contributed by atoms with Crippen molar-refractivity contribution in [2.75, 3.05) is 0 Å². The van der Waals surface area contributed by atoms with E-state index >= 15 is 0 Å². The topological polar surface area (TPSA) is 49.4 Å². The Hall–Kier alpha value is -2.04. The van der Waals surface area contributed by atoms with E-state index in [1.807, 2.05) is 58.0 Å². The summed E-state index contributed by atoms with van der Waals surface area (Å²) >= 11 is 12.2. The van der Waals surface area contributed by atoms with Crippen LogP contribution < -0.4 is 5.32 Å². The monoisotopic (exact) mass is 448 g/mol. The molecular formula is C24H30Cl2N2O2. The van der Waals surface area contributed by atoms with Crippen LogP contribution in [0.15, 0.2) is 42.5 Å². The van der Waals surface area contributed by atoms with Crippen molar-refractivity contribution in [1.29, 1.82) is 0 Å². The van der Waals surface area contributed by atoms with E-state index in [1.165, 1.54) is 5.56 Å². The molecule has 2 amide bonds. The van der Waals surface area contributed by atoms with Crippen molar-refractivity contribution in [3.63, 3.8) is 0 Å². The normalized spacial score (nSPS) is 12.0. The highest BCUT2D eigenvalue weighted by molar-refractivity contribution is 6.42.